The van der Waals surface area contributed by atoms with E-state index in [4.69, 9.17) is 29.2 Å². The van der Waals surface area contributed by atoms with Crippen LogP contribution in [-0.2, 0) is 39.2 Å². The summed E-state index contributed by atoms with van der Waals surface area (Å²) < 4.78 is 92.0. The lowest BCUT2D eigenvalue weighted by molar-refractivity contribution is 0.0360. The Morgan fingerprint density at radius 2 is 0.914 bits per heavy atom. The van der Waals surface area contributed by atoms with Crippen molar-refractivity contribution < 1.29 is 55.1 Å². The number of allylic oxidation sites excluding steroid dienone is 3. The molecule has 1 aliphatic rings. The average Bonchev–Trinajstić information content (AvgIpc) is 3.33. The zero-order valence-corrected chi connectivity index (χ0v) is 39.2. The molecular weight excluding hydrogens is 953 g/mol. The van der Waals surface area contributed by atoms with Gasteiger partial charge in [0.05, 0.1) is 66.1 Å². The Balaban J connectivity index is 1.17. The van der Waals surface area contributed by atoms with E-state index in [0.29, 0.717) is 49.4 Å². The third-order valence-electron chi connectivity index (χ3n) is 9.63. The van der Waals surface area contributed by atoms with Crippen LogP contribution in [0.2, 0.25) is 0 Å². The lowest BCUT2D eigenvalue weighted by Crippen LogP contribution is -2.50. The van der Waals surface area contributed by atoms with Gasteiger partial charge in [0.1, 0.15) is 0 Å². The first-order valence-corrected chi connectivity index (χ1v) is 24.6. The minimum atomic E-state index is -5.62. The number of benzene rings is 3. The van der Waals surface area contributed by atoms with Gasteiger partial charge in [-0.2, -0.15) is 46.7 Å². The largest absolute Gasteiger partial charge is 0.394 e. The van der Waals surface area contributed by atoms with Crippen molar-refractivity contribution in [3.63, 3.8) is 0 Å². The van der Waals surface area contributed by atoms with Gasteiger partial charge >= 0.3 is 0 Å². The van der Waals surface area contributed by atoms with Gasteiger partial charge in [-0.05, 0) is 54.1 Å². The minimum absolute atomic E-state index is 0.0540. The van der Waals surface area contributed by atoms with E-state index < -0.39 is 30.2 Å². The molecule has 1 atom stereocenters. The maximum absolute atomic E-state index is 13.2. The van der Waals surface area contributed by atoms with Crippen LogP contribution in [0.1, 0.15) is 5.56 Å². The quantitative estimate of drug-likeness (QED) is 0.0231. The Morgan fingerprint density at radius 1 is 0.514 bits per heavy atom. The second-order valence-electron chi connectivity index (χ2n) is 14.7. The van der Waals surface area contributed by atoms with Gasteiger partial charge in [0.15, 0.2) is 0 Å². The van der Waals surface area contributed by atoms with Crippen molar-refractivity contribution in [2.24, 2.45) is 5.92 Å². The lowest BCUT2D eigenvalue weighted by Gasteiger charge is -2.32. The second kappa shape index (κ2) is 26.3. The first-order chi connectivity index (χ1) is 33.8. The van der Waals surface area contributed by atoms with Crippen molar-refractivity contribution in [1.82, 2.24) is 29.9 Å². The van der Waals surface area contributed by atoms with Gasteiger partial charge in [-0.1, -0.05) is 66.8 Å². The van der Waals surface area contributed by atoms with Gasteiger partial charge in [-0.3, -0.25) is 9.11 Å². The number of aliphatic hydroxyl groups excluding tert-OH is 2. The molecular formula is C44H54N12O12S2. The van der Waals surface area contributed by atoms with E-state index in [9.17, 15) is 25.9 Å². The first kappa shape index (κ1) is 52.6. The Kier molecular flexibility index (Phi) is 19.8. The van der Waals surface area contributed by atoms with Crippen LogP contribution < -0.4 is 31.9 Å². The molecule has 2 aromatic heterocycles. The summed E-state index contributed by atoms with van der Waals surface area (Å²) in [6.07, 6.45) is 5.87. The van der Waals surface area contributed by atoms with E-state index >= 15 is 0 Å². The zero-order valence-electron chi connectivity index (χ0n) is 37.6. The fourth-order valence-corrected chi connectivity index (χ4v) is 9.05. The van der Waals surface area contributed by atoms with Gasteiger partial charge in [-0.15, -0.1) is 0 Å². The van der Waals surface area contributed by atoms with E-state index in [0.717, 1.165) is 5.69 Å². The van der Waals surface area contributed by atoms with E-state index in [1.807, 2.05) is 36.4 Å². The molecule has 0 radical (unpaired) electrons. The van der Waals surface area contributed by atoms with E-state index in [2.05, 4.69) is 61.8 Å². The first-order valence-electron chi connectivity index (χ1n) is 21.7. The van der Waals surface area contributed by atoms with Gasteiger partial charge in [0.2, 0.25) is 35.7 Å². The van der Waals surface area contributed by atoms with E-state index in [1.54, 1.807) is 48.5 Å². The smallest absolute Gasteiger partial charge is 0.292 e. The zero-order chi connectivity index (χ0) is 49.7. The molecule has 1 unspecified atom stereocenters. The molecule has 3 aromatic carbocycles. The summed E-state index contributed by atoms with van der Waals surface area (Å²) >= 11 is 0. The fourth-order valence-electron chi connectivity index (χ4n) is 6.43. The van der Waals surface area contributed by atoms with Crippen molar-refractivity contribution in [1.29, 1.82) is 0 Å². The molecule has 5 aromatic rings. The van der Waals surface area contributed by atoms with Crippen LogP contribution in [0.25, 0.3) is 6.08 Å². The van der Waals surface area contributed by atoms with Crippen LogP contribution in [0.15, 0.2) is 115 Å². The fraction of sp³-hybridized carbons (Fsp3) is 0.318. The number of hydrogen-bond donors (Lipinski definition) is 10. The van der Waals surface area contributed by atoms with Gasteiger partial charge in [-0.25, -0.2) is 0 Å². The molecule has 0 fully saturated rings. The number of anilines is 9. The van der Waals surface area contributed by atoms with Crippen LogP contribution in [-0.4, -0.2) is 149 Å². The van der Waals surface area contributed by atoms with Crippen molar-refractivity contribution in [2.45, 2.75) is 4.08 Å². The predicted molar refractivity (Wildman–Crippen MR) is 262 cm³/mol. The summed E-state index contributed by atoms with van der Waals surface area (Å²) in [6, 6.07) is 24.9. The molecule has 0 spiro atoms. The Morgan fingerprint density at radius 3 is 1.34 bits per heavy atom. The standard InChI is InChI=1S/C44H54N12O12S2/c57-21-25-67-29-27-65-23-19-45-38-51-40(47-34-7-3-1-4-8-34)55-42(53-38)49-36-16-12-32(13-17-36)11-14-33-15-18-37(31-44(33,69(59,60)61)70(62,63)64)50-43-54-39(46-20-24-66-28-30-68-26-22-58)52-41(56-43)48-35-9-5-2-6-10-35/h1-18,31,33,57-58H,19-30H2,(H,59,60,61)(H,62,63,64)(H3,45,47,49,51,53,55)(H3,46,48,50,52,54,56). The average molecular weight is 1010 g/mol. The molecule has 0 amide bonds. The molecule has 6 rings (SSSR count). The highest BCUT2D eigenvalue weighted by atomic mass is 32.3. The van der Waals surface area contributed by atoms with Crippen LogP contribution in [0.3, 0.4) is 0 Å². The lowest BCUT2D eigenvalue weighted by atomic mass is 9.96. The number of rotatable bonds is 30. The van der Waals surface area contributed by atoms with Gasteiger partial charge in [0.25, 0.3) is 24.3 Å². The summed E-state index contributed by atoms with van der Waals surface area (Å²) in [5.41, 5.74) is 2.20. The Hall–Kier alpha value is -6.72. The van der Waals surface area contributed by atoms with E-state index in [1.165, 1.54) is 24.3 Å². The predicted octanol–water partition coefficient (Wildman–Crippen LogP) is 3.83. The number of para-hydroxylation sites is 2. The highest BCUT2D eigenvalue weighted by Gasteiger charge is 2.58. The van der Waals surface area contributed by atoms with Crippen molar-refractivity contribution >= 4 is 79.1 Å². The molecule has 26 heteroatoms. The molecule has 2 heterocycles. The van der Waals surface area contributed by atoms with Crippen molar-refractivity contribution in [3.05, 3.63) is 120 Å². The van der Waals surface area contributed by atoms with Gasteiger partial charge in [0, 0.05) is 41.8 Å². The SMILES string of the molecule is O=S(=O)(O)C1(S(=O)(=O)O)C=C(Nc2nc(NCCOCCOCCO)nc(Nc3ccccc3)n2)C=CC1C=Cc1ccc(Nc2nc(NCCOCCOCCO)nc(Nc3ccccc3)n2)cc1. The third kappa shape index (κ3) is 15.9. The second-order valence-corrected chi connectivity index (χ2v) is 18.2. The topological polar surface area (TPSA) is 336 Å². The molecule has 24 nitrogen and oxygen atoms in total. The Bertz CT molecular complexity index is 2710. The van der Waals surface area contributed by atoms with Gasteiger partial charge < -0.3 is 61.1 Å². The summed E-state index contributed by atoms with van der Waals surface area (Å²) in [5, 5.41) is 35.9. The minimum Gasteiger partial charge on any atom is -0.394 e. The molecule has 0 saturated heterocycles. The van der Waals surface area contributed by atoms with Crippen LogP contribution in [0.4, 0.5) is 52.8 Å². The summed E-state index contributed by atoms with van der Waals surface area (Å²) in [7, 11) is -11.2. The summed E-state index contributed by atoms with van der Waals surface area (Å²) in [6.45, 7) is 2.65. The van der Waals surface area contributed by atoms with Crippen LogP contribution in [0.5, 0.6) is 0 Å². The van der Waals surface area contributed by atoms with E-state index in [-0.39, 0.29) is 94.2 Å². The van der Waals surface area contributed by atoms with Crippen molar-refractivity contribution in [2.75, 3.05) is 111 Å². The monoisotopic (exact) mass is 1010 g/mol. The highest BCUT2D eigenvalue weighted by Crippen LogP contribution is 2.40. The summed E-state index contributed by atoms with van der Waals surface area (Å²) in [4.78, 5) is 26.5. The maximum Gasteiger partial charge on any atom is 0.292 e. The number of hydrogen-bond acceptors (Lipinski definition) is 22. The highest BCUT2D eigenvalue weighted by molar-refractivity contribution is 8.05. The third-order valence-corrected chi connectivity index (χ3v) is 13.3. The molecule has 374 valence electrons. The number of aliphatic hydroxyl groups is 2. The molecule has 0 bridgehead atoms. The number of nitrogens with one attached hydrogen (secondary N) is 6. The molecule has 0 saturated carbocycles. The van der Waals surface area contributed by atoms with Crippen LogP contribution >= 0.6 is 0 Å². The van der Waals surface area contributed by atoms with Crippen LogP contribution in [0, 0.1) is 5.92 Å². The molecule has 10 N–H and O–H groups in total. The molecule has 70 heavy (non-hydrogen) atoms. The Labute approximate surface area is 404 Å². The number of ether oxygens (including phenoxy) is 4. The number of aromatic nitrogens is 6. The maximum atomic E-state index is 13.2. The normalized spacial score (nSPS) is 14.5. The van der Waals surface area contributed by atoms with Crippen molar-refractivity contribution in [3.8, 4) is 0 Å². The number of nitrogens with zero attached hydrogens (tertiary/aromatic N) is 6. The summed E-state index contributed by atoms with van der Waals surface area (Å²) in [5.74, 6) is -1.01. The molecule has 1 aliphatic carbocycles. The molecule has 0 aliphatic heterocycles.